The van der Waals surface area contributed by atoms with Crippen molar-refractivity contribution in [2.24, 2.45) is 0 Å². The van der Waals surface area contributed by atoms with Crippen molar-refractivity contribution in [3.8, 4) is 70.3 Å². The third-order valence-corrected chi connectivity index (χ3v) is 6.94. The van der Waals surface area contributed by atoms with Crippen molar-refractivity contribution >= 4 is 45.4 Å². The SMILES string of the molecule is C#Cc1cc2c(-c3c(O)c(C(=O)OC)c(OC(C)=O)c4cc(OC)c(C#C)cc34)c(O)c(C(=O)OC)c(OC(C)=O)c2cc1OC. The highest BCUT2D eigenvalue weighted by Gasteiger charge is 2.34. The van der Waals surface area contributed by atoms with Crippen LogP contribution >= 0.6 is 0 Å². The smallest absolute Gasteiger partial charge is 0.345 e. The Morgan fingerprint density at radius 1 is 0.609 bits per heavy atom. The van der Waals surface area contributed by atoms with Gasteiger partial charge in [-0.1, -0.05) is 11.8 Å². The number of terminal acetylenes is 2. The van der Waals surface area contributed by atoms with Gasteiger partial charge in [0.15, 0.2) is 11.5 Å². The summed E-state index contributed by atoms with van der Waals surface area (Å²) < 4.78 is 31.5. The van der Waals surface area contributed by atoms with E-state index in [1.54, 1.807) is 0 Å². The summed E-state index contributed by atoms with van der Waals surface area (Å²) in [6.07, 6.45) is 11.5. The number of esters is 4. The molecule has 2 N–H and O–H groups in total. The Kier molecular flexibility index (Phi) is 8.96. The van der Waals surface area contributed by atoms with E-state index in [0.29, 0.717) is 0 Å². The summed E-state index contributed by atoms with van der Waals surface area (Å²) in [7, 11) is 4.74. The van der Waals surface area contributed by atoms with E-state index >= 15 is 0 Å². The molecule has 0 aromatic heterocycles. The minimum Gasteiger partial charge on any atom is -0.506 e. The molecule has 0 bridgehead atoms. The zero-order valence-corrected chi connectivity index (χ0v) is 25.4. The van der Waals surface area contributed by atoms with Gasteiger partial charge < -0.3 is 38.6 Å². The number of carbonyl (C=O) groups is 4. The van der Waals surface area contributed by atoms with E-state index in [4.69, 9.17) is 41.3 Å². The molecule has 0 aliphatic heterocycles. The lowest BCUT2D eigenvalue weighted by molar-refractivity contribution is -0.132. The maximum absolute atomic E-state index is 13.2. The zero-order chi connectivity index (χ0) is 34.0. The molecular formula is C34H26O12. The van der Waals surface area contributed by atoms with Crippen LogP contribution in [-0.4, -0.2) is 62.5 Å². The number of aromatic hydroxyl groups is 2. The molecule has 0 fully saturated rings. The van der Waals surface area contributed by atoms with Crippen LogP contribution in [0.25, 0.3) is 32.7 Å². The second kappa shape index (κ2) is 12.7. The molecule has 0 aliphatic rings. The van der Waals surface area contributed by atoms with Crippen LogP contribution in [0.5, 0.6) is 34.5 Å². The molecule has 0 saturated carbocycles. The molecule has 0 aliphatic carbocycles. The fourth-order valence-electron chi connectivity index (χ4n) is 5.09. The molecule has 4 rings (SSSR count). The summed E-state index contributed by atoms with van der Waals surface area (Å²) in [5, 5.41) is 23.9. The first-order valence-corrected chi connectivity index (χ1v) is 13.2. The number of hydrogen-bond donors (Lipinski definition) is 2. The van der Waals surface area contributed by atoms with Crippen molar-refractivity contribution < 1.29 is 57.8 Å². The average Bonchev–Trinajstić information content (AvgIpc) is 3.03. The zero-order valence-electron chi connectivity index (χ0n) is 25.4. The summed E-state index contributed by atoms with van der Waals surface area (Å²) >= 11 is 0. The van der Waals surface area contributed by atoms with Crippen LogP contribution in [0.15, 0.2) is 24.3 Å². The largest absolute Gasteiger partial charge is 0.506 e. The molecule has 0 heterocycles. The van der Waals surface area contributed by atoms with Crippen LogP contribution in [0.3, 0.4) is 0 Å². The standard InChI is InChI=1S/C34H26O12/c1-9-17-11-19-21(13-23(17)41-5)31(45-15(3)35)27(33(39)43-7)29(37)25(19)26-20-12-18(10-2)24(42-6)14-22(20)32(46-16(4)36)28(30(26)38)34(40)44-8/h1-2,11-14,37-38H,3-8H3. The van der Waals surface area contributed by atoms with E-state index in [-0.39, 0.29) is 55.3 Å². The Morgan fingerprint density at radius 3 is 1.22 bits per heavy atom. The van der Waals surface area contributed by atoms with Gasteiger partial charge in [0.1, 0.15) is 34.1 Å². The van der Waals surface area contributed by atoms with Gasteiger partial charge in [0.2, 0.25) is 0 Å². The first-order valence-electron chi connectivity index (χ1n) is 13.2. The van der Waals surface area contributed by atoms with Crippen LogP contribution in [0.1, 0.15) is 45.7 Å². The molecule has 4 aromatic carbocycles. The van der Waals surface area contributed by atoms with Crippen molar-refractivity contribution in [3.05, 3.63) is 46.5 Å². The Bertz CT molecular complexity index is 1930. The van der Waals surface area contributed by atoms with Crippen molar-refractivity contribution in [2.45, 2.75) is 13.8 Å². The van der Waals surface area contributed by atoms with Crippen LogP contribution in [-0.2, 0) is 19.1 Å². The van der Waals surface area contributed by atoms with E-state index in [0.717, 1.165) is 28.1 Å². The van der Waals surface area contributed by atoms with Gasteiger partial charge in [-0.05, 0) is 35.0 Å². The summed E-state index contributed by atoms with van der Waals surface area (Å²) in [5.74, 6) is -1.27. The minimum atomic E-state index is -1.13. The average molecular weight is 627 g/mol. The molecule has 0 saturated heterocycles. The maximum atomic E-state index is 13.2. The van der Waals surface area contributed by atoms with Crippen LogP contribution in [0, 0.1) is 24.7 Å². The van der Waals surface area contributed by atoms with Crippen molar-refractivity contribution in [3.63, 3.8) is 0 Å². The van der Waals surface area contributed by atoms with Gasteiger partial charge in [-0.15, -0.1) is 12.8 Å². The molecule has 12 heteroatoms. The van der Waals surface area contributed by atoms with Gasteiger partial charge in [-0.3, -0.25) is 9.59 Å². The fourth-order valence-corrected chi connectivity index (χ4v) is 5.09. The molecule has 0 unspecified atom stereocenters. The Labute approximate surface area is 262 Å². The van der Waals surface area contributed by atoms with Crippen LogP contribution in [0.4, 0.5) is 0 Å². The van der Waals surface area contributed by atoms with Gasteiger partial charge in [0, 0.05) is 35.7 Å². The number of ether oxygens (including phenoxy) is 6. The lowest BCUT2D eigenvalue weighted by Crippen LogP contribution is -2.12. The van der Waals surface area contributed by atoms with Crippen LogP contribution < -0.4 is 18.9 Å². The van der Waals surface area contributed by atoms with E-state index in [9.17, 15) is 29.4 Å². The number of phenols is 2. The summed E-state index contributed by atoms with van der Waals surface area (Å²) in [5.41, 5.74) is -1.46. The molecule has 0 amide bonds. The number of rotatable bonds is 7. The quantitative estimate of drug-likeness (QED) is 0.168. The minimum absolute atomic E-state index is 0.0150. The molecule has 0 atom stereocenters. The lowest BCUT2D eigenvalue weighted by Gasteiger charge is -2.23. The highest BCUT2D eigenvalue weighted by molar-refractivity contribution is 6.20. The van der Waals surface area contributed by atoms with E-state index < -0.39 is 58.0 Å². The number of hydrogen-bond acceptors (Lipinski definition) is 12. The first kappa shape index (κ1) is 32.5. The highest BCUT2D eigenvalue weighted by Crippen LogP contribution is 2.54. The third-order valence-electron chi connectivity index (χ3n) is 6.94. The lowest BCUT2D eigenvalue weighted by atomic mass is 9.86. The molecule has 12 nitrogen and oxygen atoms in total. The number of phenolic OH excluding ortho intramolecular Hbond substituents is 2. The number of benzene rings is 4. The normalized spacial score (nSPS) is 10.4. The maximum Gasteiger partial charge on any atom is 0.345 e. The van der Waals surface area contributed by atoms with Crippen molar-refractivity contribution in [1.29, 1.82) is 0 Å². The summed E-state index contributed by atoms with van der Waals surface area (Å²) in [6.45, 7) is 2.16. The highest BCUT2D eigenvalue weighted by atomic mass is 16.6. The van der Waals surface area contributed by atoms with E-state index in [1.807, 2.05) is 0 Å². The number of carbonyl (C=O) groups excluding carboxylic acids is 4. The van der Waals surface area contributed by atoms with Gasteiger partial charge in [0.05, 0.1) is 39.6 Å². The second-order valence-corrected chi connectivity index (χ2v) is 9.51. The molecular weight excluding hydrogens is 600 g/mol. The molecule has 46 heavy (non-hydrogen) atoms. The molecule has 0 spiro atoms. The van der Waals surface area contributed by atoms with Gasteiger partial charge >= 0.3 is 23.9 Å². The van der Waals surface area contributed by atoms with E-state index in [2.05, 4.69) is 11.8 Å². The Morgan fingerprint density at radius 2 is 0.957 bits per heavy atom. The number of fused-ring (bicyclic) bond motifs is 2. The first-order chi connectivity index (χ1) is 21.9. The summed E-state index contributed by atoms with van der Waals surface area (Å²) in [6, 6.07) is 5.49. The topological polar surface area (TPSA) is 164 Å². The molecule has 0 radical (unpaired) electrons. The van der Waals surface area contributed by atoms with Crippen molar-refractivity contribution in [2.75, 3.05) is 28.4 Å². The molecule has 234 valence electrons. The Balaban J connectivity index is 2.47. The van der Waals surface area contributed by atoms with Gasteiger partial charge in [0.25, 0.3) is 0 Å². The van der Waals surface area contributed by atoms with Crippen molar-refractivity contribution in [1.82, 2.24) is 0 Å². The fraction of sp³-hybridized carbons (Fsp3) is 0.176. The van der Waals surface area contributed by atoms with E-state index in [1.165, 1.54) is 38.5 Å². The molecule has 4 aromatic rings. The summed E-state index contributed by atoms with van der Waals surface area (Å²) in [4.78, 5) is 50.8. The second-order valence-electron chi connectivity index (χ2n) is 9.51. The predicted octanol–water partition coefficient (Wildman–Crippen LogP) is 4.47. The monoisotopic (exact) mass is 626 g/mol. The van der Waals surface area contributed by atoms with Crippen LogP contribution in [0.2, 0.25) is 0 Å². The number of methoxy groups -OCH3 is 4. The predicted molar refractivity (Wildman–Crippen MR) is 164 cm³/mol. The van der Waals surface area contributed by atoms with Gasteiger partial charge in [-0.2, -0.15) is 0 Å². The Hall–Kier alpha value is -6.40. The van der Waals surface area contributed by atoms with Gasteiger partial charge in [-0.25, -0.2) is 9.59 Å². The third kappa shape index (κ3) is 5.29.